The van der Waals surface area contributed by atoms with Gasteiger partial charge in [0.05, 0.1) is 6.61 Å². The number of ether oxygens (including phenoxy) is 2. The molecule has 5 heteroatoms. The van der Waals surface area contributed by atoms with Gasteiger partial charge >= 0.3 is 5.97 Å². The Bertz CT molecular complexity index is 1060. The fourth-order valence-electron chi connectivity index (χ4n) is 2.80. The molecule has 0 radical (unpaired) electrons. The van der Waals surface area contributed by atoms with Crippen molar-refractivity contribution in [3.8, 4) is 11.5 Å². The first-order chi connectivity index (χ1) is 14.6. The smallest absolute Gasteiger partial charge is 0.341 e. The van der Waals surface area contributed by atoms with Gasteiger partial charge in [-0.3, -0.25) is 4.79 Å². The summed E-state index contributed by atoms with van der Waals surface area (Å²) < 4.78 is 11.0. The lowest BCUT2D eigenvalue weighted by Gasteiger charge is -2.12. The average Bonchev–Trinajstić information content (AvgIpc) is 2.74. The maximum absolute atomic E-state index is 12.4. The van der Waals surface area contributed by atoms with E-state index in [1.807, 2.05) is 49.4 Å². The van der Waals surface area contributed by atoms with Crippen LogP contribution in [0.5, 0.6) is 11.5 Å². The summed E-state index contributed by atoms with van der Waals surface area (Å²) in [5, 5.41) is 2.80. The van der Waals surface area contributed by atoms with Crippen molar-refractivity contribution in [3.05, 3.63) is 95.6 Å². The first-order valence-electron chi connectivity index (χ1n) is 9.65. The van der Waals surface area contributed by atoms with Gasteiger partial charge in [-0.2, -0.15) is 0 Å². The minimum atomic E-state index is -0.485. The molecule has 0 aliphatic heterocycles. The average molecular weight is 401 g/mol. The zero-order chi connectivity index (χ0) is 21.3. The topological polar surface area (TPSA) is 64.6 Å². The van der Waals surface area contributed by atoms with E-state index in [1.54, 1.807) is 43.3 Å². The van der Waals surface area contributed by atoms with Crippen molar-refractivity contribution in [2.75, 3.05) is 11.9 Å². The summed E-state index contributed by atoms with van der Waals surface area (Å²) in [5.41, 5.74) is 2.85. The van der Waals surface area contributed by atoms with Crippen molar-refractivity contribution < 1.29 is 19.1 Å². The van der Waals surface area contributed by atoms with Crippen molar-refractivity contribution in [3.63, 3.8) is 0 Å². The molecule has 1 amide bonds. The number of nitrogens with one attached hydrogen (secondary N) is 1. The van der Waals surface area contributed by atoms with Gasteiger partial charge in [0.25, 0.3) is 0 Å². The van der Waals surface area contributed by atoms with E-state index in [0.717, 1.165) is 11.1 Å². The van der Waals surface area contributed by atoms with Crippen LogP contribution in [0.25, 0.3) is 6.08 Å². The number of carbonyl (C=O) groups excluding carboxylic acids is 2. The Morgan fingerprint density at radius 2 is 1.70 bits per heavy atom. The zero-order valence-electron chi connectivity index (χ0n) is 16.9. The Kier molecular flexibility index (Phi) is 7.00. The van der Waals surface area contributed by atoms with E-state index in [4.69, 9.17) is 9.47 Å². The molecule has 3 aromatic rings. The molecule has 0 heterocycles. The molecular weight excluding hydrogens is 378 g/mol. The predicted octanol–water partition coefficient (Wildman–Crippen LogP) is 5.62. The Labute approximate surface area is 176 Å². The molecule has 0 aromatic heterocycles. The van der Waals surface area contributed by atoms with Crippen LogP contribution in [0, 0.1) is 6.92 Å². The molecule has 0 aliphatic carbocycles. The van der Waals surface area contributed by atoms with Gasteiger partial charge in [-0.1, -0.05) is 42.5 Å². The summed E-state index contributed by atoms with van der Waals surface area (Å²) in [4.78, 5) is 24.6. The van der Waals surface area contributed by atoms with Gasteiger partial charge in [0.15, 0.2) is 0 Å². The van der Waals surface area contributed by atoms with Crippen LogP contribution in [-0.2, 0) is 9.53 Å². The fourth-order valence-corrected chi connectivity index (χ4v) is 2.80. The first kappa shape index (κ1) is 20.9. The molecule has 0 unspecified atom stereocenters. The number of benzene rings is 3. The number of hydrogen-bond acceptors (Lipinski definition) is 4. The van der Waals surface area contributed by atoms with E-state index in [1.165, 1.54) is 6.08 Å². The monoisotopic (exact) mass is 401 g/mol. The number of para-hydroxylation sites is 1. The summed E-state index contributed by atoms with van der Waals surface area (Å²) in [7, 11) is 0. The maximum atomic E-state index is 12.4. The molecule has 5 nitrogen and oxygen atoms in total. The summed E-state index contributed by atoms with van der Waals surface area (Å²) >= 11 is 0. The third-order valence-electron chi connectivity index (χ3n) is 4.32. The largest absolute Gasteiger partial charge is 0.462 e. The molecule has 3 aromatic carbocycles. The van der Waals surface area contributed by atoms with Gasteiger partial charge in [-0.05, 0) is 55.3 Å². The summed E-state index contributed by atoms with van der Waals surface area (Å²) in [5.74, 6) is 0.111. The number of aryl methyl sites for hydroxylation is 1. The van der Waals surface area contributed by atoms with E-state index in [0.29, 0.717) is 17.2 Å². The second kappa shape index (κ2) is 10.1. The number of hydrogen-bond donors (Lipinski definition) is 1. The SMILES string of the molecule is CCOC(=O)c1ccc(NC(=O)C=Cc2ccccc2C)cc1Oc1ccccc1. The number of esters is 1. The van der Waals surface area contributed by atoms with Crippen LogP contribution in [0.15, 0.2) is 78.9 Å². The lowest BCUT2D eigenvalue weighted by molar-refractivity contribution is -0.111. The normalized spacial score (nSPS) is 10.6. The maximum Gasteiger partial charge on any atom is 0.341 e. The minimum absolute atomic E-state index is 0.256. The van der Waals surface area contributed by atoms with Crippen LogP contribution in [-0.4, -0.2) is 18.5 Å². The lowest BCUT2D eigenvalue weighted by atomic mass is 10.1. The predicted molar refractivity (Wildman–Crippen MR) is 118 cm³/mol. The molecule has 1 N–H and O–H groups in total. The molecule has 0 saturated heterocycles. The minimum Gasteiger partial charge on any atom is -0.462 e. The van der Waals surface area contributed by atoms with Crippen molar-refractivity contribution >= 4 is 23.6 Å². The Morgan fingerprint density at radius 1 is 0.967 bits per heavy atom. The Morgan fingerprint density at radius 3 is 2.43 bits per heavy atom. The standard InChI is InChI=1S/C25H23NO4/c1-3-29-25(28)22-15-14-20(17-23(22)30-21-11-5-4-6-12-21)26-24(27)16-13-19-10-8-7-9-18(19)2/h4-17H,3H2,1-2H3,(H,26,27). The van der Waals surface area contributed by atoms with Crippen LogP contribution in [0.1, 0.15) is 28.4 Å². The Hall–Kier alpha value is -3.86. The van der Waals surface area contributed by atoms with E-state index in [9.17, 15) is 9.59 Å². The molecule has 0 fully saturated rings. The van der Waals surface area contributed by atoms with Crippen LogP contribution in [0.3, 0.4) is 0 Å². The van der Waals surface area contributed by atoms with Crippen LogP contribution in [0.2, 0.25) is 0 Å². The number of rotatable bonds is 7. The summed E-state index contributed by atoms with van der Waals surface area (Å²) in [6.07, 6.45) is 3.23. The molecule has 0 bridgehead atoms. The van der Waals surface area contributed by atoms with E-state index in [-0.39, 0.29) is 18.1 Å². The number of carbonyl (C=O) groups is 2. The highest BCUT2D eigenvalue weighted by Crippen LogP contribution is 2.29. The number of amides is 1. The van der Waals surface area contributed by atoms with Gasteiger partial charge < -0.3 is 14.8 Å². The quantitative estimate of drug-likeness (QED) is 0.412. The summed E-state index contributed by atoms with van der Waals surface area (Å²) in [6, 6.07) is 21.7. The molecular formula is C25H23NO4. The van der Waals surface area contributed by atoms with E-state index >= 15 is 0 Å². The van der Waals surface area contributed by atoms with Gasteiger partial charge in [-0.25, -0.2) is 4.79 Å². The molecule has 152 valence electrons. The highest BCUT2D eigenvalue weighted by molar-refractivity contribution is 6.02. The van der Waals surface area contributed by atoms with Crippen LogP contribution in [0.4, 0.5) is 5.69 Å². The van der Waals surface area contributed by atoms with Crippen molar-refractivity contribution in [1.82, 2.24) is 0 Å². The third-order valence-corrected chi connectivity index (χ3v) is 4.32. The molecule has 0 atom stereocenters. The van der Waals surface area contributed by atoms with Gasteiger partial charge in [0, 0.05) is 17.8 Å². The first-order valence-corrected chi connectivity index (χ1v) is 9.65. The van der Waals surface area contributed by atoms with Crippen molar-refractivity contribution in [2.45, 2.75) is 13.8 Å². The molecule has 3 rings (SSSR count). The lowest BCUT2D eigenvalue weighted by Crippen LogP contribution is -2.10. The molecule has 30 heavy (non-hydrogen) atoms. The number of anilines is 1. The van der Waals surface area contributed by atoms with Crippen LogP contribution < -0.4 is 10.1 Å². The second-order valence-electron chi connectivity index (χ2n) is 6.53. The zero-order valence-corrected chi connectivity index (χ0v) is 16.9. The van der Waals surface area contributed by atoms with Gasteiger partial charge in [0.1, 0.15) is 17.1 Å². The van der Waals surface area contributed by atoms with Crippen molar-refractivity contribution in [1.29, 1.82) is 0 Å². The second-order valence-corrected chi connectivity index (χ2v) is 6.53. The van der Waals surface area contributed by atoms with Gasteiger partial charge in [-0.15, -0.1) is 0 Å². The highest BCUT2D eigenvalue weighted by Gasteiger charge is 2.16. The fraction of sp³-hybridized carbons (Fsp3) is 0.120. The van der Waals surface area contributed by atoms with Crippen molar-refractivity contribution in [2.24, 2.45) is 0 Å². The van der Waals surface area contributed by atoms with E-state index < -0.39 is 5.97 Å². The third kappa shape index (κ3) is 5.58. The molecule has 0 aliphatic rings. The molecule has 0 spiro atoms. The van der Waals surface area contributed by atoms with Crippen LogP contribution >= 0.6 is 0 Å². The van der Waals surface area contributed by atoms with E-state index in [2.05, 4.69) is 5.32 Å². The Balaban J connectivity index is 1.81. The summed E-state index contributed by atoms with van der Waals surface area (Å²) in [6.45, 7) is 3.98. The highest BCUT2D eigenvalue weighted by atomic mass is 16.5. The molecule has 0 saturated carbocycles. The van der Waals surface area contributed by atoms with Gasteiger partial charge in [0.2, 0.25) is 5.91 Å².